The lowest BCUT2D eigenvalue weighted by atomic mass is 10.2. The summed E-state index contributed by atoms with van der Waals surface area (Å²) in [5.41, 5.74) is 0. The molecule has 0 unspecified atom stereocenters. The van der Waals surface area contributed by atoms with Crippen molar-refractivity contribution in [2.75, 3.05) is 27.7 Å². The van der Waals surface area contributed by atoms with E-state index in [-0.39, 0.29) is 18.8 Å². The SMILES string of the molecule is CCCCC/C=C\CCC(=O)O[C@H](CC(=O)[O-])C[N+]([13CH3])([13CH3])[13CH3]. The number of carbonyl (C=O) groups is 2. The highest BCUT2D eigenvalue weighted by Crippen LogP contribution is 2.07. The van der Waals surface area contributed by atoms with Gasteiger partial charge in [-0.3, -0.25) is 4.79 Å². The number of quaternary nitrogens is 1. The number of aliphatic carboxylic acids is 1. The summed E-state index contributed by atoms with van der Waals surface area (Å²) in [7, 11) is 5.78. The molecule has 5 nitrogen and oxygen atoms in total. The topological polar surface area (TPSA) is 66.4 Å². The minimum atomic E-state index is -1.19. The van der Waals surface area contributed by atoms with Crippen LogP contribution in [0, 0.1) is 0 Å². The van der Waals surface area contributed by atoms with E-state index in [9.17, 15) is 14.7 Å². The summed E-state index contributed by atoms with van der Waals surface area (Å²) in [5, 5.41) is 10.7. The minimum Gasteiger partial charge on any atom is -0.550 e. The van der Waals surface area contributed by atoms with E-state index in [0.717, 1.165) is 6.42 Å². The largest absolute Gasteiger partial charge is 0.550 e. The number of nitrogens with zero attached hydrogens (tertiary/aromatic N) is 1. The van der Waals surface area contributed by atoms with Crippen molar-refractivity contribution in [2.24, 2.45) is 0 Å². The molecule has 0 aromatic heterocycles. The quantitative estimate of drug-likeness (QED) is 0.181. The van der Waals surface area contributed by atoms with Crippen molar-refractivity contribution in [3.05, 3.63) is 12.2 Å². The predicted octanol–water partition coefficient (Wildman–Crippen LogP) is 1.66. The number of ether oxygens (including phenoxy) is 1. The Bertz CT molecular complexity index is 358. The van der Waals surface area contributed by atoms with Crippen LogP contribution >= 0.6 is 0 Å². The number of allylic oxidation sites excluding steroid dienone is 2. The molecule has 0 saturated heterocycles. The fourth-order valence-electron chi connectivity index (χ4n) is 2.13. The average molecular weight is 316 g/mol. The van der Waals surface area contributed by atoms with Gasteiger partial charge in [0.25, 0.3) is 0 Å². The molecule has 0 aliphatic heterocycles. The van der Waals surface area contributed by atoms with Crippen LogP contribution < -0.4 is 5.11 Å². The summed E-state index contributed by atoms with van der Waals surface area (Å²) in [5.74, 6) is -1.54. The van der Waals surface area contributed by atoms with E-state index in [2.05, 4.69) is 13.0 Å². The second kappa shape index (κ2) is 11.2. The van der Waals surface area contributed by atoms with Crippen molar-refractivity contribution in [2.45, 2.75) is 58.0 Å². The maximum Gasteiger partial charge on any atom is 0.306 e. The van der Waals surface area contributed by atoms with Crippen LogP contribution in [0.2, 0.25) is 0 Å². The Morgan fingerprint density at radius 3 is 2.32 bits per heavy atom. The van der Waals surface area contributed by atoms with Crippen molar-refractivity contribution in [3.8, 4) is 0 Å². The number of likely N-dealkylation sites (N-methyl/N-ethyl adjacent to an activating group) is 1. The number of carboxylic acids is 1. The summed E-state index contributed by atoms with van der Waals surface area (Å²) in [6.07, 6.45) is 8.75. The van der Waals surface area contributed by atoms with Crippen LogP contribution in [0.5, 0.6) is 0 Å². The second-order valence-electron chi connectivity index (χ2n) is 6.67. The third-order valence-electron chi connectivity index (χ3n) is 3.10. The van der Waals surface area contributed by atoms with Gasteiger partial charge in [0.2, 0.25) is 0 Å². The number of carbonyl (C=O) groups excluding carboxylic acids is 2. The van der Waals surface area contributed by atoms with Crippen LogP contribution in [0.4, 0.5) is 0 Å². The van der Waals surface area contributed by atoms with E-state index in [0.29, 0.717) is 17.4 Å². The molecule has 22 heavy (non-hydrogen) atoms. The Hall–Kier alpha value is -1.36. The molecular weight excluding hydrogens is 285 g/mol. The predicted molar refractivity (Wildman–Crippen MR) is 84.9 cm³/mol. The first-order valence-electron chi connectivity index (χ1n) is 8.09. The van der Waals surface area contributed by atoms with Crippen LogP contribution in [0.3, 0.4) is 0 Å². The van der Waals surface area contributed by atoms with Crippen LogP contribution in [0.25, 0.3) is 0 Å². The fourth-order valence-corrected chi connectivity index (χ4v) is 2.13. The normalized spacial score (nSPS) is 13.3. The molecule has 0 aliphatic carbocycles. The summed E-state index contributed by atoms with van der Waals surface area (Å²) >= 11 is 0. The van der Waals surface area contributed by atoms with Crippen molar-refractivity contribution < 1.29 is 23.9 Å². The number of hydrogen-bond donors (Lipinski definition) is 0. The van der Waals surface area contributed by atoms with Gasteiger partial charge in [0.05, 0.1) is 21.1 Å². The molecule has 128 valence electrons. The van der Waals surface area contributed by atoms with E-state index in [1.807, 2.05) is 27.2 Å². The Morgan fingerprint density at radius 1 is 1.14 bits per heavy atom. The molecule has 0 spiro atoms. The number of hydrogen-bond acceptors (Lipinski definition) is 4. The Kier molecular flexibility index (Phi) is 10.5. The number of carboxylic acid groups (broad SMARTS) is 1. The average Bonchev–Trinajstić information content (AvgIpc) is 2.34. The third kappa shape index (κ3) is 13.6. The Balaban J connectivity index is 4.09. The maximum atomic E-state index is 11.8. The van der Waals surface area contributed by atoms with E-state index >= 15 is 0 Å². The fraction of sp³-hybridized carbons (Fsp3) is 0.765. The van der Waals surface area contributed by atoms with E-state index < -0.39 is 12.1 Å². The summed E-state index contributed by atoms with van der Waals surface area (Å²) in [4.78, 5) is 22.5. The third-order valence-corrected chi connectivity index (χ3v) is 3.10. The Morgan fingerprint density at radius 2 is 1.77 bits per heavy atom. The first-order valence-corrected chi connectivity index (χ1v) is 8.09. The van der Waals surface area contributed by atoms with Crippen LogP contribution in [0.1, 0.15) is 51.9 Å². The van der Waals surface area contributed by atoms with Crippen molar-refractivity contribution in [1.29, 1.82) is 0 Å². The molecule has 0 N–H and O–H groups in total. The van der Waals surface area contributed by atoms with Gasteiger partial charge in [-0.05, 0) is 19.3 Å². The van der Waals surface area contributed by atoms with Crippen molar-refractivity contribution in [1.82, 2.24) is 0 Å². The molecule has 0 heterocycles. The minimum absolute atomic E-state index is 0.256. The molecule has 0 bridgehead atoms. The van der Waals surface area contributed by atoms with Gasteiger partial charge in [0.1, 0.15) is 6.54 Å². The lowest BCUT2D eigenvalue weighted by molar-refractivity contribution is -0.873. The highest BCUT2D eigenvalue weighted by atomic mass is 16.5. The second-order valence-corrected chi connectivity index (χ2v) is 6.67. The summed E-state index contributed by atoms with van der Waals surface area (Å²) in [6.45, 7) is 2.62. The van der Waals surface area contributed by atoms with Crippen LogP contribution in [-0.4, -0.2) is 50.2 Å². The lowest BCUT2D eigenvalue weighted by Crippen LogP contribution is -2.45. The van der Waals surface area contributed by atoms with Crippen LogP contribution in [0.15, 0.2) is 12.2 Å². The molecule has 0 saturated carbocycles. The van der Waals surface area contributed by atoms with Crippen LogP contribution in [-0.2, 0) is 14.3 Å². The molecular formula is C17H31NO4. The molecule has 0 aliphatic rings. The first-order chi connectivity index (χ1) is 10.2. The summed E-state index contributed by atoms with van der Waals surface area (Å²) in [6, 6.07) is 0. The number of unbranched alkanes of at least 4 members (excludes halogenated alkanes) is 3. The molecule has 0 rings (SSSR count). The van der Waals surface area contributed by atoms with Crippen molar-refractivity contribution in [3.63, 3.8) is 0 Å². The number of rotatable bonds is 12. The molecule has 1 atom stereocenters. The van der Waals surface area contributed by atoms with Gasteiger partial charge in [0.15, 0.2) is 6.10 Å². The monoisotopic (exact) mass is 316 g/mol. The highest BCUT2D eigenvalue weighted by molar-refractivity contribution is 5.71. The van der Waals surface area contributed by atoms with Gasteiger partial charge in [-0.25, -0.2) is 0 Å². The molecule has 0 aromatic rings. The zero-order valence-corrected chi connectivity index (χ0v) is 14.5. The lowest BCUT2D eigenvalue weighted by Gasteiger charge is -2.29. The zero-order chi connectivity index (χ0) is 17.0. The molecule has 0 radical (unpaired) electrons. The Labute approximate surface area is 134 Å². The van der Waals surface area contributed by atoms with Gasteiger partial charge in [-0.15, -0.1) is 0 Å². The van der Waals surface area contributed by atoms with E-state index in [4.69, 9.17) is 4.74 Å². The van der Waals surface area contributed by atoms with Gasteiger partial charge < -0.3 is 19.1 Å². The van der Waals surface area contributed by atoms with Gasteiger partial charge in [0, 0.05) is 18.8 Å². The van der Waals surface area contributed by atoms with Gasteiger partial charge in [-0.1, -0.05) is 31.9 Å². The molecule has 0 fully saturated rings. The molecule has 0 aromatic carbocycles. The van der Waals surface area contributed by atoms with E-state index in [1.165, 1.54) is 19.3 Å². The molecule has 0 amide bonds. The maximum absolute atomic E-state index is 11.8. The summed E-state index contributed by atoms with van der Waals surface area (Å²) < 4.78 is 5.80. The van der Waals surface area contributed by atoms with E-state index in [1.54, 1.807) is 0 Å². The number of esters is 1. The smallest absolute Gasteiger partial charge is 0.306 e. The van der Waals surface area contributed by atoms with Gasteiger partial charge in [-0.2, -0.15) is 0 Å². The molecule has 5 heteroatoms. The first kappa shape index (κ1) is 20.6. The zero-order valence-electron chi connectivity index (χ0n) is 14.5. The van der Waals surface area contributed by atoms with Crippen molar-refractivity contribution >= 4 is 11.9 Å². The highest BCUT2D eigenvalue weighted by Gasteiger charge is 2.22. The van der Waals surface area contributed by atoms with Gasteiger partial charge >= 0.3 is 5.97 Å². The standard InChI is InChI=1S/C17H31NO4/c1-5-6-7-8-9-10-11-12-17(21)22-15(13-16(19)20)14-18(2,3)4/h9-10,15H,5-8,11-14H2,1-4H3/b10-9-/t15-/m1/s1/i2+1,3+1,4+1.